The highest BCUT2D eigenvalue weighted by atomic mass is 16.5. The van der Waals surface area contributed by atoms with E-state index in [2.05, 4.69) is 9.88 Å². The minimum absolute atomic E-state index is 0.293. The Labute approximate surface area is 119 Å². The summed E-state index contributed by atoms with van der Waals surface area (Å²) >= 11 is 0. The van der Waals surface area contributed by atoms with Gasteiger partial charge in [0.25, 0.3) is 0 Å². The lowest BCUT2D eigenvalue weighted by Crippen LogP contribution is -2.33. The number of rotatable bonds is 5. The zero-order valence-electron chi connectivity index (χ0n) is 11.5. The number of aliphatic hydroxyl groups is 1. The standard InChI is InChI=1S/C16H20N2O2/c19-14(11-18-9-3-4-10-18)12-20-16-8-7-13-5-1-2-6-15(13)17-16/h1-2,5-8,14,19H,3-4,9-12H2/t14-/m1/s1. The van der Waals surface area contributed by atoms with Crippen molar-refractivity contribution < 1.29 is 9.84 Å². The fourth-order valence-electron chi connectivity index (χ4n) is 2.63. The van der Waals surface area contributed by atoms with E-state index in [1.807, 2.05) is 36.4 Å². The number of hydrogen-bond donors (Lipinski definition) is 1. The van der Waals surface area contributed by atoms with Gasteiger partial charge in [-0.1, -0.05) is 18.2 Å². The molecule has 0 saturated carbocycles. The highest BCUT2D eigenvalue weighted by Gasteiger charge is 2.16. The third-order valence-electron chi connectivity index (χ3n) is 3.66. The first-order chi connectivity index (χ1) is 9.81. The summed E-state index contributed by atoms with van der Waals surface area (Å²) in [4.78, 5) is 6.71. The Morgan fingerprint density at radius 1 is 1.15 bits per heavy atom. The highest BCUT2D eigenvalue weighted by molar-refractivity contribution is 5.78. The van der Waals surface area contributed by atoms with E-state index in [1.165, 1.54) is 12.8 Å². The average molecular weight is 272 g/mol. The summed E-state index contributed by atoms with van der Waals surface area (Å²) in [7, 11) is 0. The van der Waals surface area contributed by atoms with Crippen LogP contribution in [0.15, 0.2) is 36.4 Å². The predicted octanol–water partition coefficient (Wildman–Crippen LogP) is 2.07. The van der Waals surface area contributed by atoms with Gasteiger partial charge in [0, 0.05) is 18.0 Å². The topological polar surface area (TPSA) is 45.6 Å². The molecule has 4 heteroatoms. The molecule has 1 fully saturated rings. The number of pyridine rings is 1. The summed E-state index contributed by atoms with van der Waals surface area (Å²) in [6, 6.07) is 11.8. The summed E-state index contributed by atoms with van der Waals surface area (Å²) in [5.74, 6) is 0.573. The van der Waals surface area contributed by atoms with Crippen molar-refractivity contribution in [1.29, 1.82) is 0 Å². The molecule has 1 aliphatic rings. The van der Waals surface area contributed by atoms with Crippen LogP contribution in [0.3, 0.4) is 0 Å². The van der Waals surface area contributed by atoms with Crippen LogP contribution >= 0.6 is 0 Å². The highest BCUT2D eigenvalue weighted by Crippen LogP contribution is 2.16. The lowest BCUT2D eigenvalue weighted by Gasteiger charge is -2.19. The number of benzene rings is 1. The second kappa shape index (κ2) is 6.20. The van der Waals surface area contributed by atoms with Crippen LogP contribution in [0.5, 0.6) is 5.88 Å². The molecule has 0 aliphatic carbocycles. The first-order valence-electron chi connectivity index (χ1n) is 7.20. The first-order valence-corrected chi connectivity index (χ1v) is 7.20. The Morgan fingerprint density at radius 3 is 2.80 bits per heavy atom. The molecular weight excluding hydrogens is 252 g/mol. The first kappa shape index (κ1) is 13.3. The number of aliphatic hydroxyl groups excluding tert-OH is 1. The van der Waals surface area contributed by atoms with Crippen molar-refractivity contribution in [3.63, 3.8) is 0 Å². The second-order valence-corrected chi connectivity index (χ2v) is 5.31. The molecule has 0 amide bonds. The van der Waals surface area contributed by atoms with Gasteiger partial charge in [0.15, 0.2) is 0 Å². The van der Waals surface area contributed by atoms with Crippen LogP contribution < -0.4 is 4.74 Å². The van der Waals surface area contributed by atoms with Crippen LogP contribution in [0, 0.1) is 0 Å². The Hall–Kier alpha value is -1.65. The summed E-state index contributed by atoms with van der Waals surface area (Å²) in [5.41, 5.74) is 0.916. The molecule has 2 aromatic rings. The van der Waals surface area contributed by atoms with Gasteiger partial charge >= 0.3 is 0 Å². The number of aromatic nitrogens is 1. The Bertz CT molecular complexity index is 567. The monoisotopic (exact) mass is 272 g/mol. The summed E-state index contributed by atoms with van der Waals surface area (Å²) in [6.45, 7) is 3.16. The summed E-state index contributed by atoms with van der Waals surface area (Å²) in [6.07, 6.45) is 2.01. The molecule has 1 aliphatic heterocycles. The minimum atomic E-state index is -0.457. The maximum atomic E-state index is 9.99. The van der Waals surface area contributed by atoms with Crippen LogP contribution in [0.2, 0.25) is 0 Å². The van der Waals surface area contributed by atoms with Gasteiger partial charge in [-0.15, -0.1) is 0 Å². The number of hydrogen-bond acceptors (Lipinski definition) is 4. The summed E-state index contributed by atoms with van der Waals surface area (Å²) in [5, 5.41) is 11.1. The number of likely N-dealkylation sites (tertiary alicyclic amines) is 1. The van der Waals surface area contributed by atoms with Gasteiger partial charge < -0.3 is 14.7 Å². The lowest BCUT2D eigenvalue weighted by atomic mass is 10.2. The van der Waals surface area contributed by atoms with E-state index in [-0.39, 0.29) is 0 Å². The van der Waals surface area contributed by atoms with Crippen molar-refractivity contribution >= 4 is 10.9 Å². The van der Waals surface area contributed by atoms with Gasteiger partial charge in [-0.3, -0.25) is 0 Å². The van der Waals surface area contributed by atoms with E-state index in [9.17, 15) is 5.11 Å². The fraction of sp³-hybridized carbons (Fsp3) is 0.438. The maximum absolute atomic E-state index is 9.99. The van der Waals surface area contributed by atoms with E-state index in [4.69, 9.17) is 4.74 Å². The number of nitrogens with zero attached hydrogens (tertiary/aromatic N) is 2. The lowest BCUT2D eigenvalue weighted by molar-refractivity contribution is 0.0741. The smallest absolute Gasteiger partial charge is 0.213 e. The maximum Gasteiger partial charge on any atom is 0.213 e. The molecule has 1 saturated heterocycles. The third kappa shape index (κ3) is 3.26. The van der Waals surface area contributed by atoms with Crippen LogP contribution in [-0.2, 0) is 0 Å². The minimum Gasteiger partial charge on any atom is -0.475 e. The van der Waals surface area contributed by atoms with Gasteiger partial charge in [0.05, 0.1) is 5.52 Å². The van der Waals surface area contributed by atoms with E-state index in [0.29, 0.717) is 19.0 Å². The van der Waals surface area contributed by atoms with E-state index >= 15 is 0 Å². The van der Waals surface area contributed by atoms with Crippen LogP contribution in [0.4, 0.5) is 0 Å². The zero-order valence-corrected chi connectivity index (χ0v) is 11.5. The largest absolute Gasteiger partial charge is 0.475 e. The SMILES string of the molecule is O[C@@H](COc1ccc2ccccc2n1)CN1CCCC1. The Kier molecular flexibility index (Phi) is 4.14. The van der Waals surface area contributed by atoms with Crippen molar-refractivity contribution in [2.75, 3.05) is 26.2 Å². The van der Waals surface area contributed by atoms with Gasteiger partial charge in [-0.2, -0.15) is 0 Å². The third-order valence-corrected chi connectivity index (χ3v) is 3.66. The fourth-order valence-corrected chi connectivity index (χ4v) is 2.63. The van der Waals surface area contributed by atoms with E-state index < -0.39 is 6.10 Å². The van der Waals surface area contributed by atoms with E-state index in [0.717, 1.165) is 24.0 Å². The Morgan fingerprint density at radius 2 is 1.95 bits per heavy atom. The molecule has 1 atom stereocenters. The summed E-state index contributed by atoms with van der Waals surface area (Å²) < 4.78 is 5.60. The Balaban J connectivity index is 1.56. The van der Waals surface area contributed by atoms with Crippen molar-refractivity contribution in [3.8, 4) is 5.88 Å². The van der Waals surface area contributed by atoms with Crippen molar-refractivity contribution in [2.45, 2.75) is 18.9 Å². The second-order valence-electron chi connectivity index (χ2n) is 5.31. The number of ether oxygens (including phenoxy) is 1. The molecule has 4 nitrogen and oxygen atoms in total. The zero-order chi connectivity index (χ0) is 13.8. The van der Waals surface area contributed by atoms with Gasteiger partial charge in [0.1, 0.15) is 12.7 Å². The number of para-hydroxylation sites is 1. The van der Waals surface area contributed by atoms with Crippen molar-refractivity contribution in [2.24, 2.45) is 0 Å². The van der Waals surface area contributed by atoms with Gasteiger partial charge in [-0.05, 0) is 38.1 Å². The molecule has 1 N–H and O–H groups in total. The average Bonchev–Trinajstić information content (AvgIpc) is 2.98. The normalized spacial score (nSPS) is 17.4. The molecule has 3 rings (SSSR count). The van der Waals surface area contributed by atoms with Gasteiger partial charge in [-0.25, -0.2) is 4.98 Å². The van der Waals surface area contributed by atoms with Crippen LogP contribution in [-0.4, -0.2) is 47.3 Å². The predicted molar refractivity (Wildman–Crippen MR) is 78.9 cm³/mol. The van der Waals surface area contributed by atoms with Crippen molar-refractivity contribution in [3.05, 3.63) is 36.4 Å². The molecule has 0 bridgehead atoms. The number of β-amino-alcohol motifs (C(OH)–C–C–N with tert-alkyl or cyclic N) is 1. The molecule has 0 radical (unpaired) electrons. The molecule has 0 spiro atoms. The molecule has 0 unspecified atom stereocenters. The number of fused-ring (bicyclic) bond motifs is 1. The van der Waals surface area contributed by atoms with Crippen molar-refractivity contribution in [1.82, 2.24) is 9.88 Å². The molecule has 1 aromatic heterocycles. The van der Waals surface area contributed by atoms with Gasteiger partial charge in [0.2, 0.25) is 5.88 Å². The van der Waals surface area contributed by atoms with Crippen LogP contribution in [0.25, 0.3) is 10.9 Å². The van der Waals surface area contributed by atoms with Crippen LogP contribution in [0.1, 0.15) is 12.8 Å². The van der Waals surface area contributed by atoms with E-state index in [1.54, 1.807) is 0 Å². The molecule has 2 heterocycles. The quantitative estimate of drug-likeness (QED) is 0.905. The molecular formula is C16H20N2O2. The molecule has 20 heavy (non-hydrogen) atoms. The molecule has 106 valence electrons. The molecule has 1 aromatic carbocycles.